The Morgan fingerprint density at radius 3 is 2.33 bits per heavy atom. The second-order valence-electron chi connectivity index (χ2n) is 10.5. The molecule has 1 amide bonds. The highest BCUT2D eigenvalue weighted by Gasteiger charge is 2.60. The SMILES string of the molecule is O=C(O)c1ccc2nc(C(F)(F)F)nc(N3CCC4(CC4N4CCN(C(=O)c5ccc(Cl)cc5)CC4)C3)c2c1. The van der Waals surface area contributed by atoms with E-state index in [0.717, 1.165) is 25.9 Å². The summed E-state index contributed by atoms with van der Waals surface area (Å²) >= 11 is 5.93. The van der Waals surface area contributed by atoms with Gasteiger partial charge in [-0.25, -0.2) is 14.8 Å². The van der Waals surface area contributed by atoms with Crippen molar-refractivity contribution in [2.24, 2.45) is 5.41 Å². The number of aromatic nitrogens is 2. The van der Waals surface area contributed by atoms with E-state index in [1.54, 1.807) is 24.3 Å². The van der Waals surface area contributed by atoms with Gasteiger partial charge in [-0.2, -0.15) is 13.2 Å². The normalized spacial score (nSPS) is 23.5. The molecule has 8 nitrogen and oxygen atoms in total. The fraction of sp³-hybridized carbons (Fsp3) is 0.407. The summed E-state index contributed by atoms with van der Waals surface area (Å²) in [5.74, 6) is -2.31. The molecule has 2 unspecified atom stereocenters. The summed E-state index contributed by atoms with van der Waals surface area (Å²) < 4.78 is 40.8. The van der Waals surface area contributed by atoms with E-state index in [4.69, 9.17) is 11.6 Å². The Labute approximate surface area is 227 Å². The number of halogens is 4. The Morgan fingerprint density at radius 2 is 1.67 bits per heavy atom. The van der Waals surface area contributed by atoms with Crippen LogP contribution in [0.4, 0.5) is 19.0 Å². The van der Waals surface area contributed by atoms with Gasteiger partial charge in [-0.1, -0.05) is 11.6 Å². The molecule has 2 aliphatic heterocycles. The van der Waals surface area contributed by atoms with Gasteiger partial charge < -0.3 is 14.9 Å². The number of carboxylic acid groups (broad SMARTS) is 1. The van der Waals surface area contributed by atoms with Crippen molar-refractivity contribution < 1.29 is 27.9 Å². The molecule has 204 valence electrons. The first-order chi connectivity index (χ1) is 18.5. The maximum absolute atomic E-state index is 13.6. The number of carbonyl (C=O) groups is 2. The van der Waals surface area contributed by atoms with Crippen molar-refractivity contribution in [2.75, 3.05) is 44.2 Å². The van der Waals surface area contributed by atoms with Gasteiger partial charge in [0.2, 0.25) is 5.82 Å². The van der Waals surface area contributed by atoms with Crippen molar-refractivity contribution >= 4 is 40.2 Å². The number of hydrogen-bond acceptors (Lipinski definition) is 6. The molecule has 3 aromatic rings. The topological polar surface area (TPSA) is 89.9 Å². The summed E-state index contributed by atoms with van der Waals surface area (Å²) in [6.07, 6.45) is -3.01. The molecule has 12 heteroatoms. The van der Waals surface area contributed by atoms with E-state index >= 15 is 0 Å². The zero-order chi connectivity index (χ0) is 27.5. The highest BCUT2D eigenvalue weighted by atomic mass is 35.5. The number of nitrogens with zero attached hydrogens (tertiary/aromatic N) is 5. The Bertz CT molecular complexity index is 1460. The third-order valence-corrected chi connectivity index (χ3v) is 8.39. The minimum absolute atomic E-state index is 0.0271. The van der Waals surface area contributed by atoms with Crippen LogP contribution in [0.2, 0.25) is 5.02 Å². The highest BCUT2D eigenvalue weighted by Crippen LogP contribution is 2.56. The van der Waals surface area contributed by atoms with E-state index in [9.17, 15) is 27.9 Å². The van der Waals surface area contributed by atoms with Gasteiger partial charge >= 0.3 is 12.1 Å². The summed E-state index contributed by atoms with van der Waals surface area (Å²) in [6, 6.07) is 11.0. The molecular formula is C27H25ClF3N5O3. The van der Waals surface area contributed by atoms with E-state index in [1.165, 1.54) is 18.2 Å². The van der Waals surface area contributed by atoms with Gasteiger partial charge in [0, 0.05) is 66.7 Å². The van der Waals surface area contributed by atoms with E-state index in [1.807, 2.05) is 9.80 Å². The zero-order valence-electron chi connectivity index (χ0n) is 20.8. The van der Waals surface area contributed by atoms with Crippen LogP contribution in [-0.4, -0.2) is 82.1 Å². The molecule has 2 saturated heterocycles. The molecule has 3 fully saturated rings. The van der Waals surface area contributed by atoms with Crippen molar-refractivity contribution in [3.8, 4) is 0 Å². The van der Waals surface area contributed by atoms with E-state index < -0.39 is 18.0 Å². The molecule has 1 N–H and O–H groups in total. The van der Waals surface area contributed by atoms with Crippen LogP contribution in [0.15, 0.2) is 42.5 Å². The lowest BCUT2D eigenvalue weighted by Crippen LogP contribution is -2.50. The monoisotopic (exact) mass is 559 g/mol. The van der Waals surface area contributed by atoms with Crippen molar-refractivity contribution in [3.05, 3.63) is 64.4 Å². The van der Waals surface area contributed by atoms with Crippen molar-refractivity contribution in [3.63, 3.8) is 0 Å². The Hall–Kier alpha value is -3.44. The zero-order valence-corrected chi connectivity index (χ0v) is 21.5. The molecule has 0 radical (unpaired) electrons. The molecule has 3 heterocycles. The average molecular weight is 560 g/mol. The molecule has 1 aliphatic carbocycles. The van der Waals surface area contributed by atoms with E-state index in [-0.39, 0.29) is 34.3 Å². The van der Waals surface area contributed by atoms with Crippen LogP contribution in [0.25, 0.3) is 10.9 Å². The first-order valence-electron chi connectivity index (χ1n) is 12.7. The molecule has 1 spiro atoms. The van der Waals surface area contributed by atoms with Gasteiger partial charge in [0.25, 0.3) is 5.91 Å². The second kappa shape index (κ2) is 9.34. The standard InChI is InChI=1S/C27H25ClF3N5O3/c28-18-4-1-16(2-5-18)23(37)35-11-9-34(10-12-35)21-14-26(21)7-8-36(15-26)22-19-13-17(24(38)39)3-6-20(19)32-25(33-22)27(29,30)31/h1-6,13,21H,7-12,14-15H2,(H,38,39). The molecule has 1 aromatic heterocycles. The van der Waals surface area contributed by atoms with Crippen LogP contribution in [0.1, 0.15) is 39.4 Å². The smallest absolute Gasteiger partial charge is 0.451 e. The number of alkyl halides is 3. The van der Waals surface area contributed by atoms with Crippen molar-refractivity contribution in [2.45, 2.75) is 25.1 Å². The number of hydrogen-bond donors (Lipinski definition) is 1. The third-order valence-electron chi connectivity index (χ3n) is 8.14. The highest BCUT2D eigenvalue weighted by molar-refractivity contribution is 6.30. The number of benzene rings is 2. The van der Waals surface area contributed by atoms with Crippen LogP contribution >= 0.6 is 11.6 Å². The first kappa shape index (κ1) is 25.8. The van der Waals surface area contributed by atoms with E-state index in [2.05, 4.69) is 14.9 Å². The lowest BCUT2D eigenvalue weighted by atomic mass is 10.1. The molecular weight excluding hydrogens is 535 g/mol. The molecule has 2 aromatic carbocycles. The van der Waals surface area contributed by atoms with Gasteiger partial charge in [0.1, 0.15) is 5.82 Å². The lowest BCUT2D eigenvalue weighted by Gasteiger charge is -2.36. The van der Waals surface area contributed by atoms with Gasteiger partial charge in [0.05, 0.1) is 11.1 Å². The number of rotatable bonds is 4. The minimum atomic E-state index is -4.73. The molecule has 3 aliphatic rings. The van der Waals surface area contributed by atoms with Gasteiger partial charge in [-0.3, -0.25) is 9.69 Å². The number of piperazine rings is 1. The summed E-state index contributed by atoms with van der Waals surface area (Å²) in [5, 5.41) is 10.3. The van der Waals surface area contributed by atoms with Crippen LogP contribution in [0.5, 0.6) is 0 Å². The number of aromatic carboxylic acids is 1. The quantitative estimate of drug-likeness (QED) is 0.506. The second-order valence-corrected chi connectivity index (χ2v) is 10.9. The van der Waals surface area contributed by atoms with Crippen LogP contribution < -0.4 is 4.90 Å². The Morgan fingerprint density at radius 1 is 0.974 bits per heavy atom. The number of carbonyl (C=O) groups excluding carboxylic acids is 1. The molecule has 1 saturated carbocycles. The van der Waals surface area contributed by atoms with Crippen LogP contribution in [0, 0.1) is 5.41 Å². The number of carboxylic acids is 1. The molecule has 0 bridgehead atoms. The van der Waals surface area contributed by atoms with Gasteiger partial charge in [-0.15, -0.1) is 0 Å². The van der Waals surface area contributed by atoms with E-state index in [0.29, 0.717) is 42.2 Å². The Kier molecular flexibility index (Phi) is 6.18. The lowest BCUT2D eigenvalue weighted by molar-refractivity contribution is -0.144. The summed E-state index contributed by atoms with van der Waals surface area (Å²) in [7, 11) is 0. The predicted molar refractivity (Wildman–Crippen MR) is 138 cm³/mol. The fourth-order valence-corrected chi connectivity index (χ4v) is 6.11. The number of amides is 1. The van der Waals surface area contributed by atoms with Crippen molar-refractivity contribution in [1.29, 1.82) is 0 Å². The summed E-state index contributed by atoms with van der Waals surface area (Å²) in [6.45, 7) is 3.70. The fourth-order valence-electron chi connectivity index (χ4n) is 5.98. The Balaban J connectivity index is 1.17. The van der Waals surface area contributed by atoms with Gasteiger partial charge in [0.15, 0.2) is 0 Å². The van der Waals surface area contributed by atoms with Crippen molar-refractivity contribution in [1.82, 2.24) is 19.8 Å². The third kappa shape index (κ3) is 4.78. The largest absolute Gasteiger partial charge is 0.478 e. The maximum Gasteiger partial charge on any atom is 0.451 e. The predicted octanol–water partition coefficient (Wildman–Crippen LogP) is 4.43. The summed E-state index contributed by atoms with van der Waals surface area (Å²) in [5.41, 5.74) is 0.564. The summed E-state index contributed by atoms with van der Waals surface area (Å²) in [4.78, 5) is 38.0. The van der Waals surface area contributed by atoms with Crippen LogP contribution in [-0.2, 0) is 6.18 Å². The molecule has 2 atom stereocenters. The maximum atomic E-state index is 13.6. The van der Waals surface area contributed by atoms with Gasteiger partial charge in [-0.05, 0) is 55.3 Å². The first-order valence-corrected chi connectivity index (χ1v) is 13.1. The molecule has 6 rings (SSSR count). The average Bonchev–Trinajstić information content (AvgIpc) is 3.46. The number of anilines is 1. The number of fused-ring (bicyclic) bond motifs is 1. The molecule has 39 heavy (non-hydrogen) atoms. The van der Waals surface area contributed by atoms with Crippen LogP contribution in [0.3, 0.4) is 0 Å². The minimum Gasteiger partial charge on any atom is -0.478 e.